The summed E-state index contributed by atoms with van der Waals surface area (Å²) in [5.41, 5.74) is 1.97. The van der Waals surface area contributed by atoms with E-state index >= 15 is 0 Å². The lowest BCUT2D eigenvalue weighted by Gasteiger charge is -2.28. The molecular weight excluding hydrogens is 376 g/mol. The van der Waals surface area contributed by atoms with Crippen molar-refractivity contribution < 1.29 is 14.3 Å². The van der Waals surface area contributed by atoms with Crippen molar-refractivity contribution in [3.05, 3.63) is 64.7 Å². The zero-order valence-corrected chi connectivity index (χ0v) is 17.5. The van der Waals surface area contributed by atoms with Gasteiger partial charge in [0, 0.05) is 18.6 Å². The molecule has 28 heavy (non-hydrogen) atoms. The zero-order chi connectivity index (χ0) is 20.7. The lowest BCUT2D eigenvalue weighted by molar-refractivity contribution is -0.142. The van der Waals surface area contributed by atoms with Gasteiger partial charge in [0.2, 0.25) is 5.91 Å². The number of likely N-dealkylation sites (N-methyl/N-ethyl adjacent to an activating group) is 1. The van der Waals surface area contributed by atoms with Gasteiger partial charge in [-0.2, -0.15) is 0 Å². The molecule has 2 aromatic rings. The highest BCUT2D eigenvalue weighted by molar-refractivity contribution is 6.31. The molecule has 0 aliphatic carbocycles. The molecule has 1 atom stereocenters. The summed E-state index contributed by atoms with van der Waals surface area (Å²) >= 11 is 6.23. The van der Waals surface area contributed by atoms with Crippen molar-refractivity contribution >= 4 is 23.4 Å². The van der Waals surface area contributed by atoms with Crippen LogP contribution in [0.4, 0.5) is 0 Å². The Labute approximate surface area is 171 Å². The molecule has 0 saturated heterocycles. The van der Waals surface area contributed by atoms with E-state index in [1.807, 2.05) is 42.5 Å². The predicted octanol–water partition coefficient (Wildman–Crippen LogP) is 4.01. The van der Waals surface area contributed by atoms with Gasteiger partial charge < -0.3 is 15.0 Å². The Morgan fingerprint density at radius 3 is 2.29 bits per heavy atom. The van der Waals surface area contributed by atoms with Gasteiger partial charge in [-0.25, -0.2) is 0 Å². The first-order valence-electron chi connectivity index (χ1n) is 9.30. The minimum absolute atomic E-state index is 0.160. The summed E-state index contributed by atoms with van der Waals surface area (Å²) in [5, 5.41) is 3.13. The lowest BCUT2D eigenvalue weighted by Crippen LogP contribution is -2.48. The van der Waals surface area contributed by atoms with Crippen molar-refractivity contribution in [1.29, 1.82) is 0 Å². The second-order valence-corrected chi connectivity index (χ2v) is 7.32. The van der Waals surface area contributed by atoms with Crippen LogP contribution in [0.15, 0.2) is 48.5 Å². The summed E-state index contributed by atoms with van der Waals surface area (Å²) in [6.07, 6.45) is 0. The van der Waals surface area contributed by atoms with Gasteiger partial charge in [-0.3, -0.25) is 9.59 Å². The molecule has 6 heteroatoms. The Morgan fingerprint density at radius 2 is 1.71 bits per heavy atom. The SMILES string of the molecule is CNC(=O)C(C)N(Cc1ccccc1Cl)C(=O)COc1ccc(C(C)C)cc1. The number of hydrogen-bond donors (Lipinski definition) is 1. The molecule has 0 radical (unpaired) electrons. The molecule has 0 aliphatic rings. The molecule has 0 saturated carbocycles. The first-order chi connectivity index (χ1) is 13.3. The molecule has 0 fully saturated rings. The number of carbonyl (C=O) groups is 2. The summed E-state index contributed by atoms with van der Waals surface area (Å²) in [5.74, 6) is 0.504. The number of hydrogen-bond acceptors (Lipinski definition) is 3. The smallest absolute Gasteiger partial charge is 0.261 e. The molecule has 0 bridgehead atoms. The fourth-order valence-electron chi connectivity index (χ4n) is 2.78. The number of rotatable bonds is 8. The zero-order valence-electron chi connectivity index (χ0n) is 16.7. The molecule has 2 aromatic carbocycles. The van der Waals surface area contributed by atoms with E-state index in [-0.39, 0.29) is 25.0 Å². The maximum absolute atomic E-state index is 12.8. The third-order valence-corrected chi connectivity index (χ3v) is 4.99. The Bertz CT molecular complexity index is 806. The number of ether oxygens (including phenoxy) is 1. The fraction of sp³-hybridized carbons (Fsp3) is 0.364. The van der Waals surface area contributed by atoms with Gasteiger partial charge in [0.05, 0.1) is 0 Å². The molecule has 0 heterocycles. The monoisotopic (exact) mass is 402 g/mol. The van der Waals surface area contributed by atoms with Gasteiger partial charge >= 0.3 is 0 Å². The number of amides is 2. The molecular formula is C22H27ClN2O3. The maximum Gasteiger partial charge on any atom is 0.261 e. The van der Waals surface area contributed by atoms with Crippen LogP contribution in [0.2, 0.25) is 5.02 Å². The standard InChI is InChI=1S/C22H27ClN2O3/c1-15(2)17-9-11-19(12-10-17)28-14-21(26)25(16(3)22(27)24-4)13-18-7-5-6-8-20(18)23/h5-12,15-16H,13-14H2,1-4H3,(H,24,27). The van der Waals surface area contributed by atoms with Crippen LogP contribution in [-0.2, 0) is 16.1 Å². The number of nitrogens with zero attached hydrogens (tertiary/aromatic N) is 1. The van der Waals surface area contributed by atoms with E-state index in [1.54, 1.807) is 20.0 Å². The summed E-state index contributed by atoms with van der Waals surface area (Å²) in [7, 11) is 1.55. The molecule has 2 amide bonds. The second kappa shape index (κ2) is 10.1. The van der Waals surface area contributed by atoms with E-state index in [2.05, 4.69) is 19.2 Å². The third kappa shape index (κ3) is 5.73. The molecule has 0 aromatic heterocycles. The summed E-state index contributed by atoms with van der Waals surface area (Å²) in [6, 6.07) is 14.3. The van der Waals surface area contributed by atoms with Gasteiger partial charge in [-0.1, -0.05) is 55.8 Å². The number of nitrogens with one attached hydrogen (secondary N) is 1. The van der Waals surface area contributed by atoms with E-state index in [1.165, 1.54) is 10.5 Å². The van der Waals surface area contributed by atoms with E-state index in [9.17, 15) is 9.59 Å². The highest BCUT2D eigenvalue weighted by Gasteiger charge is 2.26. The topological polar surface area (TPSA) is 58.6 Å². The molecule has 0 spiro atoms. The van der Waals surface area contributed by atoms with Crippen LogP contribution in [-0.4, -0.2) is 36.4 Å². The minimum atomic E-state index is -0.652. The summed E-state index contributed by atoms with van der Waals surface area (Å²) in [6.45, 7) is 5.98. The van der Waals surface area contributed by atoms with Crippen molar-refractivity contribution in [2.24, 2.45) is 0 Å². The van der Waals surface area contributed by atoms with Crippen LogP contribution < -0.4 is 10.1 Å². The molecule has 1 unspecified atom stereocenters. The minimum Gasteiger partial charge on any atom is -0.484 e. The van der Waals surface area contributed by atoms with Crippen molar-refractivity contribution in [2.75, 3.05) is 13.7 Å². The third-order valence-electron chi connectivity index (χ3n) is 4.62. The molecule has 0 aliphatic heterocycles. The Morgan fingerprint density at radius 1 is 1.07 bits per heavy atom. The van der Waals surface area contributed by atoms with Gasteiger partial charge in [-0.15, -0.1) is 0 Å². The fourth-order valence-corrected chi connectivity index (χ4v) is 2.97. The quantitative estimate of drug-likeness (QED) is 0.725. The molecule has 2 rings (SSSR count). The van der Waals surface area contributed by atoms with Gasteiger partial charge in [0.1, 0.15) is 11.8 Å². The van der Waals surface area contributed by atoms with Crippen LogP contribution in [0.5, 0.6) is 5.75 Å². The van der Waals surface area contributed by atoms with Crippen molar-refractivity contribution in [2.45, 2.75) is 39.3 Å². The maximum atomic E-state index is 12.8. The van der Waals surface area contributed by atoms with Crippen molar-refractivity contribution in [3.63, 3.8) is 0 Å². The van der Waals surface area contributed by atoms with Gasteiger partial charge in [-0.05, 0) is 42.2 Å². The average molecular weight is 403 g/mol. The van der Waals surface area contributed by atoms with Crippen molar-refractivity contribution in [3.8, 4) is 5.75 Å². The first kappa shape index (κ1) is 21.8. The number of carbonyl (C=O) groups excluding carboxylic acids is 2. The largest absolute Gasteiger partial charge is 0.484 e. The Balaban J connectivity index is 2.11. The highest BCUT2D eigenvalue weighted by atomic mass is 35.5. The number of halogens is 1. The van der Waals surface area contributed by atoms with Crippen LogP contribution in [0.3, 0.4) is 0 Å². The second-order valence-electron chi connectivity index (χ2n) is 6.92. The predicted molar refractivity (Wildman–Crippen MR) is 112 cm³/mol. The lowest BCUT2D eigenvalue weighted by atomic mass is 10.0. The highest BCUT2D eigenvalue weighted by Crippen LogP contribution is 2.20. The summed E-state index contributed by atoms with van der Waals surface area (Å²) < 4.78 is 5.66. The van der Waals surface area contributed by atoms with Gasteiger partial charge in [0.15, 0.2) is 6.61 Å². The molecule has 150 valence electrons. The van der Waals surface area contributed by atoms with E-state index in [0.29, 0.717) is 16.7 Å². The average Bonchev–Trinajstić information content (AvgIpc) is 2.70. The van der Waals surface area contributed by atoms with Crippen LogP contribution in [0.25, 0.3) is 0 Å². The van der Waals surface area contributed by atoms with Crippen LogP contribution in [0, 0.1) is 0 Å². The molecule has 5 nitrogen and oxygen atoms in total. The number of benzene rings is 2. The van der Waals surface area contributed by atoms with Crippen LogP contribution in [0.1, 0.15) is 37.8 Å². The van der Waals surface area contributed by atoms with Crippen LogP contribution >= 0.6 is 11.6 Å². The van der Waals surface area contributed by atoms with Gasteiger partial charge in [0.25, 0.3) is 5.91 Å². The normalized spacial score (nSPS) is 11.8. The Kier molecular flexibility index (Phi) is 7.88. The van der Waals surface area contributed by atoms with E-state index in [0.717, 1.165) is 5.56 Å². The Hall–Kier alpha value is -2.53. The van der Waals surface area contributed by atoms with E-state index < -0.39 is 6.04 Å². The van der Waals surface area contributed by atoms with E-state index in [4.69, 9.17) is 16.3 Å². The summed E-state index contributed by atoms with van der Waals surface area (Å²) in [4.78, 5) is 26.5. The molecule has 1 N–H and O–H groups in total. The van der Waals surface area contributed by atoms with Crippen molar-refractivity contribution in [1.82, 2.24) is 10.2 Å². The first-order valence-corrected chi connectivity index (χ1v) is 9.68.